The highest BCUT2D eigenvalue weighted by atomic mass is 79.9. The van der Waals surface area contributed by atoms with E-state index in [-0.39, 0.29) is 0 Å². The van der Waals surface area contributed by atoms with Gasteiger partial charge in [-0.05, 0) is 0 Å². The van der Waals surface area contributed by atoms with Crippen molar-refractivity contribution in [3.05, 3.63) is 0 Å². The fourth-order valence-electron chi connectivity index (χ4n) is 1.32. The van der Waals surface area contributed by atoms with Crippen LogP contribution in [0.5, 0.6) is 0 Å². The number of halogens is 8. The monoisotopic (exact) mass is 414 g/mol. The summed E-state index contributed by atoms with van der Waals surface area (Å²) in [4.78, 5) is 9.60. The SMILES string of the molecule is O=C1CC(Br)C(Br)CC1(Cl)S(F)(F)(F)(F)F. The number of rotatable bonds is 1. The maximum atomic E-state index is 12.6. The van der Waals surface area contributed by atoms with Gasteiger partial charge in [0.05, 0.1) is 0 Å². The second-order valence-corrected chi connectivity index (χ2v) is 9.42. The lowest BCUT2D eigenvalue weighted by Gasteiger charge is -2.53. The van der Waals surface area contributed by atoms with Crippen molar-refractivity contribution in [2.45, 2.75) is 26.7 Å². The molecule has 0 aliphatic heterocycles. The van der Waals surface area contributed by atoms with Crippen LogP contribution < -0.4 is 0 Å². The number of alkyl halides is 3. The first-order valence-corrected chi connectivity index (χ1v) is 8.07. The predicted molar refractivity (Wildman–Crippen MR) is 61.4 cm³/mol. The number of carbonyl (C=O) groups excluding carboxylic acids is 1. The molecule has 10 heteroatoms. The Hall–Kier alpha value is 0.920. The van der Waals surface area contributed by atoms with Crippen molar-refractivity contribution in [1.29, 1.82) is 0 Å². The fourth-order valence-corrected chi connectivity index (χ4v) is 4.13. The van der Waals surface area contributed by atoms with Gasteiger partial charge >= 0.3 is 10.2 Å². The second-order valence-electron chi connectivity index (χ2n) is 3.56. The molecular weight excluding hydrogens is 410 g/mol. The first-order valence-electron chi connectivity index (χ1n) is 3.91. The van der Waals surface area contributed by atoms with Gasteiger partial charge < -0.3 is 0 Å². The molecule has 0 aromatic rings. The molecule has 0 heterocycles. The lowest BCUT2D eigenvalue weighted by Crippen LogP contribution is -2.51. The van der Waals surface area contributed by atoms with Crippen LogP contribution in [0.3, 0.4) is 0 Å². The average molecular weight is 416 g/mol. The van der Waals surface area contributed by atoms with E-state index in [0.29, 0.717) is 0 Å². The zero-order chi connectivity index (χ0) is 13.1. The van der Waals surface area contributed by atoms with Crippen LogP contribution in [0.25, 0.3) is 0 Å². The smallest absolute Gasteiger partial charge is 0.296 e. The minimum atomic E-state index is -10.1. The standard InChI is InChI=1S/C6H6Br2ClF5OS/c7-3-1-5(15)6(9,2-4(3)8)16(10,11,12,13)14/h3-4H,1-2H2. The van der Waals surface area contributed by atoms with E-state index in [9.17, 15) is 24.2 Å². The van der Waals surface area contributed by atoms with Gasteiger partial charge in [0.25, 0.3) is 0 Å². The molecule has 0 bridgehead atoms. The van der Waals surface area contributed by atoms with Gasteiger partial charge in [-0.1, -0.05) is 62.9 Å². The molecule has 0 radical (unpaired) electrons. The molecule has 0 aromatic carbocycles. The third-order valence-electron chi connectivity index (χ3n) is 2.26. The van der Waals surface area contributed by atoms with E-state index in [1.165, 1.54) is 0 Å². The summed E-state index contributed by atoms with van der Waals surface area (Å²) in [6.07, 6.45) is -1.87. The summed E-state index contributed by atoms with van der Waals surface area (Å²) >= 11 is 10.6. The Morgan fingerprint density at radius 2 is 1.62 bits per heavy atom. The minimum Gasteiger partial charge on any atom is -0.296 e. The summed E-state index contributed by atoms with van der Waals surface area (Å²) in [5, 5.41) is 0. The zero-order valence-electron chi connectivity index (χ0n) is 7.41. The number of carbonyl (C=O) groups is 1. The van der Waals surface area contributed by atoms with Crippen molar-refractivity contribution in [3.63, 3.8) is 0 Å². The van der Waals surface area contributed by atoms with Crippen LogP contribution >= 0.6 is 53.7 Å². The van der Waals surface area contributed by atoms with E-state index in [0.717, 1.165) is 0 Å². The first kappa shape index (κ1) is 15.0. The third kappa shape index (κ3) is 2.37. The molecule has 0 amide bonds. The zero-order valence-corrected chi connectivity index (χ0v) is 12.2. The first-order chi connectivity index (χ1) is 6.68. The Balaban J connectivity index is 3.27. The molecule has 3 atom stereocenters. The number of ketones is 1. The normalized spacial score (nSPS) is 41.4. The summed E-state index contributed by atoms with van der Waals surface area (Å²) in [6.45, 7) is 0. The van der Waals surface area contributed by atoms with Crippen molar-refractivity contribution in [2.75, 3.05) is 0 Å². The lowest BCUT2D eigenvalue weighted by atomic mass is 9.98. The van der Waals surface area contributed by atoms with Crippen LogP contribution in [0.1, 0.15) is 12.8 Å². The molecule has 3 unspecified atom stereocenters. The highest BCUT2D eigenvalue weighted by molar-refractivity contribution is 9.12. The van der Waals surface area contributed by atoms with Crippen LogP contribution in [0.4, 0.5) is 19.4 Å². The van der Waals surface area contributed by atoms with E-state index in [1.807, 2.05) is 0 Å². The number of Topliss-reactive ketones (excluding diaryl/α,β-unsaturated/α-hetero) is 1. The Labute approximate surface area is 110 Å². The van der Waals surface area contributed by atoms with Gasteiger partial charge in [-0.2, -0.15) is 0 Å². The van der Waals surface area contributed by atoms with Crippen molar-refractivity contribution in [1.82, 2.24) is 0 Å². The van der Waals surface area contributed by atoms with Gasteiger partial charge in [-0.3, -0.25) is 4.79 Å². The van der Waals surface area contributed by atoms with E-state index in [4.69, 9.17) is 11.6 Å². The van der Waals surface area contributed by atoms with Crippen molar-refractivity contribution >= 4 is 59.5 Å². The molecule has 1 aliphatic rings. The molecule has 0 spiro atoms. The summed E-state index contributed by atoms with van der Waals surface area (Å²) in [5.41, 5.74) is 0. The molecule has 1 rings (SSSR count). The van der Waals surface area contributed by atoms with Crippen LogP contribution in [0.2, 0.25) is 0 Å². The quantitative estimate of drug-likeness (QED) is 0.429. The van der Waals surface area contributed by atoms with E-state index < -0.39 is 42.7 Å². The maximum absolute atomic E-state index is 12.6. The summed E-state index contributed by atoms with van der Waals surface area (Å²) in [5.74, 6) is -1.69. The number of hydrogen-bond donors (Lipinski definition) is 0. The van der Waals surface area contributed by atoms with Gasteiger partial charge in [0.1, 0.15) is 0 Å². The van der Waals surface area contributed by atoms with E-state index >= 15 is 0 Å². The molecule has 0 N–H and O–H groups in total. The van der Waals surface area contributed by atoms with Crippen molar-refractivity contribution in [2.24, 2.45) is 0 Å². The summed E-state index contributed by atoms with van der Waals surface area (Å²) in [7, 11) is -10.1. The molecular formula is C6H6Br2ClF5OS. The fraction of sp³-hybridized carbons (Fsp3) is 0.833. The van der Waals surface area contributed by atoms with Gasteiger partial charge in [-0.25, -0.2) is 0 Å². The van der Waals surface area contributed by atoms with Gasteiger partial charge in [-0.15, -0.1) is 0 Å². The van der Waals surface area contributed by atoms with Gasteiger partial charge in [0.2, 0.25) is 4.21 Å². The van der Waals surface area contributed by atoms with Gasteiger partial charge in [0, 0.05) is 22.5 Å². The topological polar surface area (TPSA) is 17.1 Å². The highest BCUT2D eigenvalue weighted by Crippen LogP contribution is 3.05. The lowest BCUT2D eigenvalue weighted by molar-refractivity contribution is -0.121. The third-order valence-corrected chi connectivity index (χ3v) is 7.75. The largest absolute Gasteiger partial charge is 0.309 e. The van der Waals surface area contributed by atoms with Crippen molar-refractivity contribution < 1.29 is 24.2 Å². The number of hydrogen-bond acceptors (Lipinski definition) is 1. The molecule has 98 valence electrons. The molecule has 1 aliphatic carbocycles. The Kier molecular flexibility index (Phi) is 3.06. The van der Waals surface area contributed by atoms with Crippen molar-refractivity contribution in [3.8, 4) is 0 Å². The maximum Gasteiger partial charge on any atom is 0.309 e. The minimum absolute atomic E-state index is 0.633. The molecule has 16 heavy (non-hydrogen) atoms. The van der Waals surface area contributed by atoms with Crippen LogP contribution in [-0.4, -0.2) is 19.6 Å². The molecule has 1 nitrogen and oxygen atoms in total. The van der Waals surface area contributed by atoms with Crippen LogP contribution in [0, 0.1) is 0 Å². The van der Waals surface area contributed by atoms with Crippen LogP contribution in [-0.2, 0) is 4.79 Å². The summed E-state index contributed by atoms with van der Waals surface area (Å²) in [6, 6.07) is 0. The molecule has 1 saturated carbocycles. The Morgan fingerprint density at radius 1 is 1.19 bits per heavy atom. The van der Waals surface area contributed by atoms with E-state index in [1.54, 1.807) is 0 Å². The molecule has 0 aromatic heterocycles. The Bertz CT molecular complexity index is 345. The van der Waals surface area contributed by atoms with Crippen LogP contribution in [0.15, 0.2) is 0 Å². The predicted octanol–water partition coefficient (Wildman–Crippen LogP) is 5.11. The average Bonchev–Trinajstić information content (AvgIpc) is 1.96. The van der Waals surface area contributed by atoms with Gasteiger partial charge in [0.15, 0.2) is 5.78 Å². The molecule has 0 saturated heterocycles. The summed E-state index contributed by atoms with van der Waals surface area (Å²) < 4.78 is 59.2. The van der Waals surface area contributed by atoms with E-state index in [2.05, 4.69) is 31.9 Å². The molecule has 1 fully saturated rings. The second kappa shape index (κ2) is 3.27. The Morgan fingerprint density at radius 3 is 2.00 bits per heavy atom. The highest BCUT2D eigenvalue weighted by Gasteiger charge is 2.82.